The van der Waals surface area contributed by atoms with Crippen molar-refractivity contribution < 1.29 is 9.31 Å². The van der Waals surface area contributed by atoms with E-state index in [9.17, 15) is 9.59 Å². The van der Waals surface area contributed by atoms with Gasteiger partial charge < -0.3 is 9.31 Å². The molecular weight excluding hydrogens is 309 g/mol. The highest BCUT2D eigenvalue weighted by atomic mass is 16.7. The molecule has 1 N–H and O–H groups in total. The first-order chi connectivity index (χ1) is 11.1. The SMILES string of the molecule is Cn1c(=O)[nH]n(Cc2ccc(B3OC(C)(C)C(C)(C)O3)cc2)c1=O. The molecule has 0 unspecified atom stereocenters. The molecule has 3 rings (SSSR count). The van der Waals surface area contributed by atoms with Crippen LogP contribution in [0.4, 0.5) is 0 Å². The van der Waals surface area contributed by atoms with Crippen molar-refractivity contribution in [2.24, 2.45) is 7.05 Å². The molecule has 0 spiro atoms. The van der Waals surface area contributed by atoms with Crippen molar-refractivity contribution in [2.45, 2.75) is 45.4 Å². The third kappa shape index (κ3) is 2.76. The summed E-state index contributed by atoms with van der Waals surface area (Å²) < 4.78 is 14.4. The lowest BCUT2D eigenvalue weighted by Crippen LogP contribution is -2.41. The highest BCUT2D eigenvalue weighted by Crippen LogP contribution is 2.36. The van der Waals surface area contributed by atoms with E-state index in [0.29, 0.717) is 6.54 Å². The van der Waals surface area contributed by atoms with Gasteiger partial charge in [-0.3, -0.25) is 0 Å². The standard InChI is InChI=1S/C16H22BN3O4/c1-15(2)16(3,4)24-17(23-15)12-8-6-11(7-9-12)10-20-14(22)19(5)13(21)18-20/h6-9H,10H2,1-5H3,(H,18,21). The smallest absolute Gasteiger partial charge is 0.399 e. The Balaban J connectivity index is 1.78. The molecule has 128 valence electrons. The lowest BCUT2D eigenvalue weighted by Gasteiger charge is -2.32. The van der Waals surface area contributed by atoms with Gasteiger partial charge in [0.25, 0.3) is 0 Å². The Morgan fingerprint density at radius 2 is 1.58 bits per heavy atom. The zero-order valence-electron chi connectivity index (χ0n) is 14.6. The van der Waals surface area contributed by atoms with Gasteiger partial charge in [-0.2, -0.15) is 0 Å². The van der Waals surface area contributed by atoms with E-state index >= 15 is 0 Å². The molecule has 0 aliphatic carbocycles. The Kier molecular flexibility index (Phi) is 3.84. The molecule has 1 saturated heterocycles. The minimum atomic E-state index is -0.422. The second-order valence-electron chi connectivity index (χ2n) is 7.17. The Labute approximate surface area is 140 Å². The van der Waals surface area contributed by atoms with Crippen molar-refractivity contribution in [3.8, 4) is 0 Å². The van der Waals surface area contributed by atoms with Crippen molar-refractivity contribution in [2.75, 3.05) is 0 Å². The third-order valence-electron chi connectivity index (χ3n) is 4.90. The average molecular weight is 331 g/mol. The fourth-order valence-electron chi connectivity index (χ4n) is 2.56. The molecule has 8 heteroatoms. The molecule has 2 aromatic rings. The zero-order valence-corrected chi connectivity index (χ0v) is 14.6. The molecule has 0 bridgehead atoms. The summed E-state index contributed by atoms with van der Waals surface area (Å²) in [6, 6.07) is 7.64. The van der Waals surface area contributed by atoms with Crippen LogP contribution in [0.25, 0.3) is 0 Å². The quantitative estimate of drug-likeness (QED) is 0.817. The molecule has 0 radical (unpaired) electrons. The van der Waals surface area contributed by atoms with E-state index in [1.807, 2.05) is 52.0 Å². The second kappa shape index (κ2) is 5.49. The van der Waals surface area contributed by atoms with Crippen LogP contribution >= 0.6 is 0 Å². The number of H-pyrrole nitrogens is 1. The molecule has 24 heavy (non-hydrogen) atoms. The van der Waals surface area contributed by atoms with Crippen molar-refractivity contribution >= 4 is 12.6 Å². The van der Waals surface area contributed by atoms with Crippen molar-refractivity contribution in [1.29, 1.82) is 0 Å². The fraction of sp³-hybridized carbons (Fsp3) is 0.500. The molecule has 1 aromatic carbocycles. The van der Waals surface area contributed by atoms with Crippen LogP contribution in [0.5, 0.6) is 0 Å². The predicted molar refractivity (Wildman–Crippen MR) is 91.6 cm³/mol. The number of hydrogen-bond donors (Lipinski definition) is 1. The highest BCUT2D eigenvalue weighted by molar-refractivity contribution is 6.62. The number of aromatic nitrogens is 3. The van der Waals surface area contributed by atoms with E-state index in [-0.39, 0.29) is 16.9 Å². The highest BCUT2D eigenvalue weighted by Gasteiger charge is 2.51. The normalized spacial score (nSPS) is 19.0. The van der Waals surface area contributed by atoms with Crippen LogP contribution < -0.4 is 16.8 Å². The molecule has 2 heterocycles. The largest absolute Gasteiger partial charge is 0.494 e. The Hall–Kier alpha value is -2.06. The van der Waals surface area contributed by atoms with Gasteiger partial charge in [0.1, 0.15) is 0 Å². The van der Waals surface area contributed by atoms with E-state index in [0.717, 1.165) is 15.6 Å². The molecule has 0 atom stereocenters. The summed E-state index contributed by atoms with van der Waals surface area (Å²) in [6.45, 7) is 8.36. The average Bonchev–Trinajstić information content (AvgIpc) is 2.87. The summed E-state index contributed by atoms with van der Waals surface area (Å²) >= 11 is 0. The van der Waals surface area contributed by atoms with E-state index < -0.39 is 12.8 Å². The van der Waals surface area contributed by atoms with Crippen LogP contribution in [0.1, 0.15) is 33.3 Å². The molecule has 1 aromatic heterocycles. The van der Waals surface area contributed by atoms with E-state index in [1.165, 1.54) is 11.7 Å². The van der Waals surface area contributed by atoms with Crippen LogP contribution in [-0.4, -0.2) is 32.7 Å². The maximum Gasteiger partial charge on any atom is 0.494 e. The van der Waals surface area contributed by atoms with Gasteiger partial charge in [0.05, 0.1) is 17.7 Å². The molecular formula is C16H22BN3O4. The van der Waals surface area contributed by atoms with Gasteiger partial charge in [0, 0.05) is 7.05 Å². The Bertz CT molecular complexity index is 845. The number of nitrogens with one attached hydrogen (secondary N) is 1. The monoisotopic (exact) mass is 331 g/mol. The number of nitrogens with zero attached hydrogens (tertiary/aromatic N) is 2. The number of hydrogen-bond acceptors (Lipinski definition) is 4. The van der Waals surface area contributed by atoms with Gasteiger partial charge in [-0.05, 0) is 38.7 Å². The van der Waals surface area contributed by atoms with Crippen LogP contribution in [0, 0.1) is 0 Å². The number of rotatable bonds is 3. The molecule has 1 aliphatic heterocycles. The van der Waals surface area contributed by atoms with Gasteiger partial charge in [0.15, 0.2) is 0 Å². The predicted octanol–water partition coefficient (Wildman–Crippen LogP) is 0.223. The van der Waals surface area contributed by atoms with Crippen LogP contribution in [-0.2, 0) is 22.9 Å². The van der Waals surface area contributed by atoms with Gasteiger partial charge in [-0.15, -0.1) is 0 Å². The lowest BCUT2D eigenvalue weighted by atomic mass is 9.79. The minimum absolute atomic E-state index is 0.304. The van der Waals surface area contributed by atoms with Crippen LogP contribution in [0.3, 0.4) is 0 Å². The van der Waals surface area contributed by atoms with Crippen LogP contribution in [0.15, 0.2) is 33.9 Å². The maximum absolute atomic E-state index is 11.9. The summed E-state index contributed by atoms with van der Waals surface area (Å²) in [4.78, 5) is 23.3. The molecule has 1 fully saturated rings. The van der Waals surface area contributed by atoms with Crippen molar-refractivity contribution in [3.63, 3.8) is 0 Å². The van der Waals surface area contributed by atoms with Crippen molar-refractivity contribution in [3.05, 3.63) is 50.8 Å². The molecule has 7 nitrogen and oxygen atoms in total. The van der Waals surface area contributed by atoms with Crippen LogP contribution in [0.2, 0.25) is 0 Å². The first-order valence-corrected chi connectivity index (χ1v) is 7.91. The summed E-state index contributed by atoms with van der Waals surface area (Å²) in [6.07, 6.45) is 0. The lowest BCUT2D eigenvalue weighted by molar-refractivity contribution is 0.00578. The summed E-state index contributed by atoms with van der Waals surface area (Å²) in [5.74, 6) is 0. The molecule has 0 saturated carbocycles. The summed E-state index contributed by atoms with van der Waals surface area (Å²) in [5, 5.41) is 2.51. The third-order valence-corrected chi connectivity index (χ3v) is 4.90. The van der Waals surface area contributed by atoms with Crippen molar-refractivity contribution in [1.82, 2.24) is 14.3 Å². The number of benzene rings is 1. The summed E-state index contributed by atoms with van der Waals surface area (Å²) in [7, 11) is 1.03. The van der Waals surface area contributed by atoms with Gasteiger partial charge in [-0.25, -0.2) is 23.9 Å². The van der Waals surface area contributed by atoms with E-state index in [2.05, 4.69) is 5.10 Å². The first kappa shape index (κ1) is 16.8. The Morgan fingerprint density at radius 3 is 2.04 bits per heavy atom. The first-order valence-electron chi connectivity index (χ1n) is 7.91. The number of aromatic amines is 1. The maximum atomic E-state index is 11.9. The topological polar surface area (TPSA) is 78.2 Å². The zero-order chi connectivity index (χ0) is 17.7. The molecule has 1 aliphatic rings. The fourth-order valence-corrected chi connectivity index (χ4v) is 2.56. The summed E-state index contributed by atoms with van der Waals surface area (Å²) in [5.41, 5.74) is 0.273. The molecule has 0 amide bonds. The van der Waals surface area contributed by atoms with E-state index in [4.69, 9.17) is 9.31 Å². The minimum Gasteiger partial charge on any atom is -0.399 e. The second-order valence-corrected chi connectivity index (χ2v) is 7.17. The van der Waals surface area contributed by atoms with Gasteiger partial charge >= 0.3 is 18.5 Å². The Morgan fingerprint density at radius 1 is 1.04 bits per heavy atom. The van der Waals surface area contributed by atoms with Gasteiger partial charge in [-0.1, -0.05) is 24.3 Å². The van der Waals surface area contributed by atoms with Gasteiger partial charge in [0.2, 0.25) is 0 Å². The van der Waals surface area contributed by atoms with E-state index in [1.54, 1.807) is 0 Å².